The molecule has 0 radical (unpaired) electrons. The van der Waals surface area contributed by atoms with E-state index in [-0.39, 0.29) is 5.75 Å². The standard InChI is InChI=1S/C14H19NO2/c1-2-3-9-6-12(9)15-13-8-17-14-7-10(16)4-5-11(13)14/h4-5,7,9,12-13,15-16H,2-3,6,8H2,1H3. The van der Waals surface area contributed by atoms with E-state index in [9.17, 15) is 5.11 Å². The second-order valence-electron chi connectivity index (χ2n) is 5.14. The molecule has 0 amide bonds. The van der Waals surface area contributed by atoms with Gasteiger partial charge in [-0.25, -0.2) is 0 Å². The van der Waals surface area contributed by atoms with E-state index in [0.29, 0.717) is 18.7 Å². The van der Waals surface area contributed by atoms with Crippen LogP contribution < -0.4 is 10.1 Å². The summed E-state index contributed by atoms with van der Waals surface area (Å²) in [6, 6.07) is 6.37. The number of phenolic OH excluding ortho intramolecular Hbond substituents is 1. The third kappa shape index (κ3) is 2.12. The summed E-state index contributed by atoms with van der Waals surface area (Å²) in [6.07, 6.45) is 3.90. The Hall–Kier alpha value is -1.22. The molecule has 1 fully saturated rings. The lowest BCUT2D eigenvalue weighted by Crippen LogP contribution is -2.25. The lowest BCUT2D eigenvalue weighted by molar-refractivity contribution is 0.307. The average Bonchev–Trinajstić information content (AvgIpc) is 2.91. The van der Waals surface area contributed by atoms with Gasteiger partial charge < -0.3 is 15.2 Å². The van der Waals surface area contributed by atoms with Crippen molar-refractivity contribution in [2.24, 2.45) is 5.92 Å². The van der Waals surface area contributed by atoms with Crippen molar-refractivity contribution in [2.75, 3.05) is 6.61 Å². The van der Waals surface area contributed by atoms with Crippen molar-refractivity contribution in [3.63, 3.8) is 0 Å². The van der Waals surface area contributed by atoms with E-state index in [0.717, 1.165) is 11.7 Å². The molecule has 2 N–H and O–H groups in total. The summed E-state index contributed by atoms with van der Waals surface area (Å²) >= 11 is 0. The van der Waals surface area contributed by atoms with E-state index in [2.05, 4.69) is 12.2 Å². The van der Waals surface area contributed by atoms with Gasteiger partial charge in [-0.1, -0.05) is 13.3 Å². The van der Waals surface area contributed by atoms with Crippen LogP contribution in [-0.4, -0.2) is 17.8 Å². The molecule has 17 heavy (non-hydrogen) atoms. The van der Waals surface area contributed by atoms with Gasteiger partial charge in [0.15, 0.2) is 0 Å². The zero-order valence-corrected chi connectivity index (χ0v) is 10.1. The minimum Gasteiger partial charge on any atom is -0.508 e. The number of phenols is 1. The maximum absolute atomic E-state index is 9.39. The van der Waals surface area contributed by atoms with E-state index in [1.807, 2.05) is 6.07 Å². The van der Waals surface area contributed by atoms with Crippen LogP contribution in [0.5, 0.6) is 11.5 Å². The first-order valence-corrected chi connectivity index (χ1v) is 6.49. The number of hydrogen-bond donors (Lipinski definition) is 2. The van der Waals surface area contributed by atoms with E-state index in [4.69, 9.17) is 4.74 Å². The van der Waals surface area contributed by atoms with Crippen LogP contribution in [0.3, 0.4) is 0 Å². The fourth-order valence-electron chi connectivity index (χ4n) is 2.74. The number of hydrogen-bond acceptors (Lipinski definition) is 3. The maximum Gasteiger partial charge on any atom is 0.127 e. The number of ether oxygens (including phenoxy) is 1. The van der Waals surface area contributed by atoms with Crippen molar-refractivity contribution >= 4 is 0 Å². The largest absolute Gasteiger partial charge is 0.508 e. The second-order valence-corrected chi connectivity index (χ2v) is 5.14. The molecule has 3 atom stereocenters. The van der Waals surface area contributed by atoms with Crippen LogP contribution in [0, 0.1) is 5.92 Å². The smallest absolute Gasteiger partial charge is 0.127 e. The molecule has 2 aliphatic rings. The average molecular weight is 233 g/mol. The van der Waals surface area contributed by atoms with Crippen LogP contribution in [-0.2, 0) is 0 Å². The lowest BCUT2D eigenvalue weighted by Gasteiger charge is -2.11. The Kier molecular flexibility index (Phi) is 2.71. The first-order valence-electron chi connectivity index (χ1n) is 6.49. The Morgan fingerprint density at radius 2 is 2.35 bits per heavy atom. The summed E-state index contributed by atoms with van der Waals surface area (Å²) in [6.45, 7) is 2.93. The summed E-state index contributed by atoms with van der Waals surface area (Å²) < 4.78 is 5.59. The molecule has 3 heteroatoms. The SMILES string of the molecule is CCCC1CC1NC1COc2cc(O)ccc21. The molecule has 0 aromatic heterocycles. The summed E-state index contributed by atoms with van der Waals surface area (Å²) in [5.74, 6) is 1.97. The maximum atomic E-state index is 9.39. The Bertz CT molecular complexity index is 419. The minimum atomic E-state index is 0.277. The number of nitrogens with one attached hydrogen (secondary N) is 1. The van der Waals surface area contributed by atoms with Gasteiger partial charge in [-0.15, -0.1) is 0 Å². The molecule has 0 spiro atoms. The Morgan fingerprint density at radius 3 is 3.18 bits per heavy atom. The molecule has 0 saturated heterocycles. The van der Waals surface area contributed by atoms with Crippen LogP contribution in [0.4, 0.5) is 0 Å². The minimum absolute atomic E-state index is 0.277. The van der Waals surface area contributed by atoms with Crippen LogP contribution in [0.2, 0.25) is 0 Å². The molecule has 1 aromatic rings. The number of rotatable bonds is 4. The third-order valence-corrected chi connectivity index (χ3v) is 3.78. The van der Waals surface area contributed by atoms with Crippen molar-refractivity contribution in [3.8, 4) is 11.5 Å². The fourth-order valence-corrected chi connectivity index (χ4v) is 2.74. The zero-order chi connectivity index (χ0) is 11.8. The number of aromatic hydroxyl groups is 1. The summed E-state index contributed by atoms with van der Waals surface area (Å²) in [4.78, 5) is 0. The van der Waals surface area contributed by atoms with Gasteiger partial charge in [0.05, 0.1) is 6.04 Å². The second kappa shape index (κ2) is 4.22. The fraction of sp³-hybridized carbons (Fsp3) is 0.571. The number of benzene rings is 1. The number of fused-ring (bicyclic) bond motifs is 1. The van der Waals surface area contributed by atoms with Gasteiger partial charge in [0.2, 0.25) is 0 Å². The van der Waals surface area contributed by atoms with Gasteiger partial charge in [0, 0.05) is 17.7 Å². The van der Waals surface area contributed by atoms with E-state index >= 15 is 0 Å². The van der Waals surface area contributed by atoms with Gasteiger partial charge in [-0.05, 0) is 30.9 Å². The third-order valence-electron chi connectivity index (χ3n) is 3.78. The first-order chi connectivity index (χ1) is 8.28. The summed E-state index contributed by atoms with van der Waals surface area (Å²) in [7, 11) is 0. The molecule has 3 unspecified atom stereocenters. The van der Waals surface area contributed by atoms with E-state index in [1.165, 1.54) is 24.8 Å². The molecule has 92 valence electrons. The van der Waals surface area contributed by atoms with E-state index < -0.39 is 0 Å². The normalized spacial score (nSPS) is 29.8. The molecule has 1 saturated carbocycles. The molecule has 1 heterocycles. The highest BCUT2D eigenvalue weighted by molar-refractivity contribution is 5.44. The van der Waals surface area contributed by atoms with Crippen molar-refractivity contribution in [1.29, 1.82) is 0 Å². The van der Waals surface area contributed by atoms with Gasteiger partial charge in [-0.3, -0.25) is 0 Å². The highest BCUT2D eigenvalue weighted by atomic mass is 16.5. The molecule has 0 bridgehead atoms. The summed E-state index contributed by atoms with van der Waals surface area (Å²) in [5, 5.41) is 13.0. The van der Waals surface area contributed by atoms with Crippen LogP contribution in [0.15, 0.2) is 18.2 Å². The molecular weight excluding hydrogens is 214 g/mol. The first kappa shape index (κ1) is 10.9. The lowest BCUT2D eigenvalue weighted by atomic mass is 10.1. The predicted octanol–water partition coefficient (Wildman–Crippen LogP) is 2.60. The predicted molar refractivity (Wildman–Crippen MR) is 66.3 cm³/mol. The van der Waals surface area contributed by atoms with Crippen molar-refractivity contribution < 1.29 is 9.84 Å². The molecule has 3 nitrogen and oxygen atoms in total. The van der Waals surface area contributed by atoms with Gasteiger partial charge in [-0.2, -0.15) is 0 Å². The Balaban J connectivity index is 1.64. The molecular formula is C14H19NO2. The highest BCUT2D eigenvalue weighted by Gasteiger charge is 2.39. The van der Waals surface area contributed by atoms with Crippen LogP contribution >= 0.6 is 0 Å². The van der Waals surface area contributed by atoms with Crippen molar-refractivity contribution in [2.45, 2.75) is 38.3 Å². The van der Waals surface area contributed by atoms with Crippen molar-refractivity contribution in [3.05, 3.63) is 23.8 Å². The van der Waals surface area contributed by atoms with Gasteiger partial charge in [0.1, 0.15) is 18.1 Å². The monoisotopic (exact) mass is 233 g/mol. The molecule has 1 aliphatic heterocycles. The van der Waals surface area contributed by atoms with Crippen LogP contribution in [0.25, 0.3) is 0 Å². The highest BCUT2D eigenvalue weighted by Crippen LogP contribution is 2.40. The van der Waals surface area contributed by atoms with Gasteiger partial charge >= 0.3 is 0 Å². The molecule has 1 aromatic carbocycles. The van der Waals surface area contributed by atoms with Crippen LogP contribution in [0.1, 0.15) is 37.8 Å². The Labute approximate surface area is 102 Å². The summed E-state index contributed by atoms with van der Waals surface area (Å²) in [5.41, 5.74) is 1.19. The van der Waals surface area contributed by atoms with E-state index in [1.54, 1.807) is 12.1 Å². The Morgan fingerprint density at radius 1 is 1.47 bits per heavy atom. The zero-order valence-electron chi connectivity index (χ0n) is 10.1. The van der Waals surface area contributed by atoms with Gasteiger partial charge in [0.25, 0.3) is 0 Å². The quantitative estimate of drug-likeness (QED) is 0.840. The van der Waals surface area contributed by atoms with Crippen molar-refractivity contribution in [1.82, 2.24) is 5.32 Å². The molecule has 3 rings (SSSR count). The topological polar surface area (TPSA) is 41.5 Å². The molecule has 1 aliphatic carbocycles.